The average molecular weight is 434 g/mol. The summed E-state index contributed by atoms with van der Waals surface area (Å²) in [5.41, 5.74) is 6.64. The Morgan fingerprint density at radius 2 is 1.94 bits per heavy atom. The number of piperazine rings is 1. The molecule has 3 heterocycles. The van der Waals surface area contributed by atoms with Crippen LogP contribution >= 0.6 is 0 Å². The molecule has 0 atom stereocenters. The molecule has 32 heavy (non-hydrogen) atoms. The summed E-state index contributed by atoms with van der Waals surface area (Å²) in [6, 6.07) is 13.3. The molecule has 3 aromatic rings. The summed E-state index contributed by atoms with van der Waals surface area (Å²) < 4.78 is 11.1. The quantitative estimate of drug-likeness (QED) is 0.519. The minimum Gasteiger partial charge on any atom is -0.493 e. The van der Waals surface area contributed by atoms with Gasteiger partial charge in [-0.2, -0.15) is 0 Å². The molecule has 0 amide bonds. The zero-order chi connectivity index (χ0) is 21.8. The Kier molecular flexibility index (Phi) is 6.65. The summed E-state index contributed by atoms with van der Waals surface area (Å²) >= 11 is 0. The van der Waals surface area contributed by atoms with Gasteiger partial charge < -0.3 is 19.4 Å². The normalized spacial score (nSPS) is 16.8. The maximum absolute atomic E-state index is 5.77. The highest BCUT2D eigenvalue weighted by Gasteiger charge is 2.19. The first-order valence-electron chi connectivity index (χ1n) is 12.1. The van der Waals surface area contributed by atoms with E-state index in [1.165, 1.54) is 52.7 Å². The number of ether oxygens (including phenoxy) is 2. The third-order valence-electron chi connectivity index (χ3n) is 6.94. The van der Waals surface area contributed by atoms with Gasteiger partial charge in [-0.3, -0.25) is 4.90 Å². The Labute approximate surface area is 191 Å². The highest BCUT2D eigenvalue weighted by molar-refractivity contribution is 5.83. The number of H-pyrrole nitrogens is 1. The highest BCUT2D eigenvalue weighted by Crippen LogP contribution is 2.29. The summed E-state index contributed by atoms with van der Waals surface area (Å²) in [5.74, 6) is 1.09. The number of aromatic nitrogens is 1. The number of unbranched alkanes of at least 4 members (excludes halogenated alkanes) is 1. The van der Waals surface area contributed by atoms with E-state index in [1.807, 2.05) is 0 Å². The standard InChI is InChI=1S/C27H35N3O2/c1-31-20-21-7-9-26-25(17-21)23(19-28-26)5-2-3-11-29-12-14-30(15-13-29)24-8-10-27-22(18-24)6-4-16-32-27/h7-10,17-19,28H,2-6,11-16,20H2,1H3. The summed E-state index contributed by atoms with van der Waals surface area (Å²) in [6.07, 6.45) is 8.08. The lowest BCUT2D eigenvalue weighted by atomic mass is 10.0. The van der Waals surface area contributed by atoms with E-state index in [0.717, 1.165) is 57.8 Å². The van der Waals surface area contributed by atoms with Gasteiger partial charge in [0.1, 0.15) is 5.75 Å². The molecule has 5 rings (SSSR count). The number of hydrogen-bond acceptors (Lipinski definition) is 4. The summed E-state index contributed by atoms with van der Waals surface area (Å²) in [6.45, 7) is 7.27. The number of rotatable bonds is 8. The number of hydrogen-bond donors (Lipinski definition) is 1. The van der Waals surface area contributed by atoms with E-state index in [0.29, 0.717) is 6.61 Å². The Balaban J connectivity index is 1.08. The van der Waals surface area contributed by atoms with Crippen LogP contribution in [0.2, 0.25) is 0 Å². The lowest BCUT2D eigenvalue weighted by molar-refractivity contribution is 0.185. The first-order chi connectivity index (χ1) is 15.8. The van der Waals surface area contributed by atoms with Crippen LogP contribution in [0.3, 0.4) is 0 Å². The molecule has 0 radical (unpaired) electrons. The first-order valence-corrected chi connectivity index (χ1v) is 12.1. The van der Waals surface area contributed by atoms with Crippen LogP contribution in [0.25, 0.3) is 10.9 Å². The molecule has 1 N–H and O–H groups in total. The van der Waals surface area contributed by atoms with Crippen molar-refractivity contribution in [1.82, 2.24) is 9.88 Å². The van der Waals surface area contributed by atoms with Gasteiger partial charge in [-0.25, -0.2) is 0 Å². The maximum Gasteiger partial charge on any atom is 0.122 e. The van der Waals surface area contributed by atoms with Crippen LogP contribution in [0.5, 0.6) is 5.75 Å². The van der Waals surface area contributed by atoms with Gasteiger partial charge in [0.05, 0.1) is 13.2 Å². The first kappa shape index (κ1) is 21.4. The number of fused-ring (bicyclic) bond motifs is 2. The molecule has 1 saturated heterocycles. The largest absolute Gasteiger partial charge is 0.493 e. The molecule has 5 nitrogen and oxygen atoms in total. The Morgan fingerprint density at radius 1 is 1.03 bits per heavy atom. The van der Waals surface area contributed by atoms with E-state index in [1.54, 1.807) is 7.11 Å². The van der Waals surface area contributed by atoms with Crippen LogP contribution in [0, 0.1) is 0 Å². The second-order valence-corrected chi connectivity index (χ2v) is 9.16. The minimum absolute atomic E-state index is 0.672. The van der Waals surface area contributed by atoms with E-state index < -0.39 is 0 Å². The minimum atomic E-state index is 0.672. The zero-order valence-corrected chi connectivity index (χ0v) is 19.2. The van der Waals surface area contributed by atoms with Crippen molar-refractivity contribution in [3.05, 3.63) is 59.3 Å². The van der Waals surface area contributed by atoms with E-state index in [9.17, 15) is 0 Å². The van der Waals surface area contributed by atoms with Crippen LogP contribution < -0.4 is 9.64 Å². The van der Waals surface area contributed by atoms with Crippen LogP contribution in [-0.4, -0.2) is 56.3 Å². The van der Waals surface area contributed by atoms with E-state index in [4.69, 9.17) is 9.47 Å². The van der Waals surface area contributed by atoms with Crippen molar-refractivity contribution in [3.63, 3.8) is 0 Å². The molecule has 5 heteroatoms. The Morgan fingerprint density at radius 3 is 2.81 bits per heavy atom. The van der Waals surface area contributed by atoms with Crippen LogP contribution in [-0.2, 0) is 24.2 Å². The lowest BCUT2D eigenvalue weighted by Crippen LogP contribution is -2.46. The van der Waals surface area contributed by atoms with Crippen molar-refractivity contribution in [2.24, 2.45) is 0 Å². The fourth-order valence-electron chi connectivity index (χ4n) is 5.11. The van der Waals surface area contributed by atoms with Crippen molar-refractivity contribution in [3.8, 4) is 5.75 Å². The van der Waals surface area contributed by atoms with Gasteiger partial charge in [-0.15, -0.1) is 0 Å². The van der Waals surface area contributed by atoms with Gasteiger partial charge in [0.15, 0.2) is 0 Å². The summed E-state index contributed by atoms with van der Waals surface area (Å²) in [7, 11) is 1.75. The number of benzene rings is 2. The molecule has 2 aliphatic rings. The van der Waals surface area contributed by atoms with Gasteiger partial charge in [0, 0.05) is 56.1 Å². The van der Waals surface area contributed by atoms with Crippen LogP contribution in [0.15, 0.2) is 42.6 Å². The van der Waals surface area contributed by atoms with E-state index in [2.05, 4.69) is 57.4 Å². The molecular formula is C27H35N3O2. The number of nitrogens with one attached hydrogen (secondary N) is 1. The number of aryl methyl sites for hydroxylation is 2. The molecule has 1 fully saturated rings. The molecule has 0 saturated carbocycles. The smallest absolute Gasteiger partial charge is 0.122 e. The van der Waals surface area contributed by atoms with Gasteiger partial charge in [-0.1, -0.05) is 6.07 Å². The van der Waals surface area contributed by atoms with Gasteiger partial charge in [-0.05, 0) is 85.7 Å². The van der Waals surface area contributed by atoms with Gasteiger partial charge in [0.2, 0.25) is 0 Å². The predicted octanol–water partition coefficient (Wildman–Crippen LogP) is 4.78. The monoisotopic (exact) mass is 433 g/mol. The molecule has 1 aromatic heterocycles. The molecule has 170 valence electrons. The molecule has 0 spiro atoms. The summed E-state index contributed by atoms with van der Waals surface area (Å²) in [4.78, 5) is 8.59. The second kappa shape index (κ2) is 9.97. The van der Waals surface area contributed by atoms with Crippen molar-refractivity contribution in [2.45, 2.75) is 38.7 Å². The Bertz CT molecular complexity index is 1040. The second-order valence-electron chi connectivity index (χ2n) is 9.16. The van der Waals surface area contributed by atoms with Crippen LogP contribution in [0.4, 0.5) is 5.69 Å². The summed E-state index contributed by atoms with van der Waals surface area (Å²) in [5, 5.41) is 1.35. The SMILES string of the molecule is COCc1ccc2[nH]cc(CCCCN3CCN(c4ccc5c(c4)CCCO5)CC3)c2c1. The predicted molar refractivity (Wildman–Crippen MR) is 131 cm³/mol. The fourth-order valence-corrected chi connectivity index (χ4v) is 5.11. The molecule has 0 unspecified atom stereocenters. The van der Waals surface area contributed by atoms with E-state index >= 15 is 0 Å². The highest BCUT2D eigenvalue weighted by atomic mass is 16.5. The topological polar surface area (TPSA) is 40.7 Å². The third-order valence-corrected chi connectivity index (χ3v) is 6.94. The molecule has 2 aliphatic heterocycles. The van der Waals surface area contributed by atoms with Gasteiger partial charge >= 0.3 is 0 Å². The van der Waals surface area contributed by atoms with Crippen molar-refractivity contribution in [2.75, 3.05) is 51.3 Å². The third kappa shape index (κ3) is 4.79. The molecular weight excluding hydrogens is 398 g/mol. The zero-order valence-electron chi connectivity index (χ0n) is 19.2. The molecule has 2 aromatic carbocycles. The van der Waals surface area contributed by atoms with Gasteiger partial charge in [0.25, 0.3) is 0 Å². The van der Waals surface area contributed by atoms with Crippen molar-refractivity contribution >= 4 is 16.6 Å². The maximum atomic E-state index is 5.77. The number of aromatic amines is 1. The van der Waals surface area contributed by atoms with Crippen molar-refractivity contribution < 1.29 is 9.47 Å². The average Bonchev–Trinajstić information content (AvgIpc) is 3.24. The number of anilines is 1. The fraction of sp³-hybridized carbons (Fsp3) is 0.481. The van der Waals surface area contributed by atoms with Crippen LogP contribution in [0.1, 0.15) is 36.0 Å². The number of nitrogens with zero attached hydrogens (tertiary/aromatic N) is 2. The molecule has 0 bridgehead atoms. The number of methoxy groups -OCH3 is 1. The van der Waals surface area contributed by atoms with E-state index in [-0.39, 0.29) is 0 Å². The Hall–Kier alpha value is -2.50. The van der Waals surface area contributed by atoms with Crippen molar-refractivity contribution in [1.29, 1.82) is 0 Å². The molecule has 0 aliphatic carbocycles. The lowest BCUT2D eigenvalue weighted by Gasteiger charge is -2.36.